The molecular formula is C43H30N2. The first-order chi connectivity index (χ1) is 22.3. The second kappa shape index (κ2) is 11.6. The lowest BCUT2D eigenvalue weighted by atomic mass is 9.96. The van der Waals surface area contributed by atoms with Gasteiger partial charge >= 0.3 is 0 Å². The van der Waals surface area contributed by atoms with Crippen LogP contribution >= 0.6 is 0 Å². The van der Waals surface area contributed by atoms with Gasteiger partial charge in [-0.3, -0.25) is 0 Å². The van der Waals surface area contributed by atoms with E-state index in [9.17, 15) is 0 Å². The molecule has 2 nitrogen and oxygen atoms in total. The minimum Gasteiger partial charge on any atom is -0.316 e. The van der Waals surface area contributed by atoms with Crippen LogP contribution in [0.25, 0.3) is 72.5 Å². The van der Waals surface area contributed by atoms with E-state index in [1.54, 1.807) is 0 Å². The topological polar surface area (TPSA) is 17.8 Å². The van der Waals surface area contributed by atoms with E-state index in [0.29, 0.717) is 0 Å². The SMILES string of the molecule is c1ccc(-c2cc(-c3ccccc3)nc(-c3cccc(-c4cn(-c5ccccc5)c5ccc(-c6ccccc6)cc45)c3)c2)cc1. The Hall–Kier alpha value is -5.99. The first-order valence-electron chi connectivity index (χ1n) is 15.3. The van der Waals surface area contributed by atoms with Crippen molar-refractivity contribution < 1.29 is 0 Å². The van der Waals surface area contributed by atoms with Crippen LogP contribution in [0, 0.1) is 0 Å². The van der Waals surface area contributed by atoms with Crippen molar-refractivity contribution in [2.45, 2.75) is 0 Å². The third-order valence-electron chi connectivity index (χ3n) is 8.42. The van der Waals surface area contributed by atoms with E-state index in [-0.39, 0.29) is 0 Å². The summed E-state index contributed by atoms with van der Waals surface area (Å²) in [4.78, 5) is 5.20. The molecule has 45 heavy (non-hydrogen) atoms. The first kappa shape index (κ1) is 26.6. The van der Waals surface area contributed by atoms with Gasteiger partial charge in [-0.25, -0.2) is 4.98 Å². The molecule has 212 valence electrons. The molecule has 2 heterocycles. The average molecular weight is 575 g/mol. The predicted octanol–water partition coefficient (Wildman–Crippen LogP) is 11.4. The smallest absolute Gasteiger partial charge is 0.0715 e. The molecule has 0 spiro atoms. The summed E-state index contributed by atoms with van der Waals surface area (Å²) >= 11 is 0. The Bertz CT molecular complexity index is 2180. The van der Waals surface area contributed by atoms with Crippen LogP contribution in [0.5, 0.6) is 0 Å². The summed E-state index contributed by atoms with van der Waals surface area (Å²) in [7, 11) is 0. The highest BCUT2D eigenvalue weighted by Crippen LogP contribution is 2.38. The van der Waals surface area contributed by atoms with Crippen LogP contribution in [0.1, 0.15) is 0 Å². The van der Waals surface area contributed by atoms with Gasteiger partial charge in [0.2, 0.25) is 0 Å². The predicted molar refractivity (Wildman–Crippen MR) is 188 cm³/mol. The van der Waals surface area contributed by atoms with E-state index in [0.717, 1.165) is 39.3 Å². The highest BCUT2D eigenvalue weighted by molar-refractivity contribution is 6.00. The number of hydrogen-bond acceptors (Lipinski definition) is 1. The second-order valence-corrected chi connectivity index (χ2v) is 11.3. The molecule has 0 saturated carbocycles. The molecule has 8 rings (SSSR count). The Balaban J connectivity index is 1.30. The molecule has 2 heteroatoms. The van der Waals surface area contributed by atoms with Crippen LogP contribution in [0.3, 0.4) is 0 Å². The number of aromatic nitrogens is 2. The summed E-state index contributed by atoms with van der Waals surface area (Å²) < 4.78 is 2.30. The van der Waals surface area contributed by atoms with E-state index in [1.165, 1.54) is 33.2 Å². The minimum atomic E-state index is 0.953. The quantitative estimate of drug-likeness (QED) is 0.193. The lowest BCUT2D eigenvalue weighted by Gasteiger charge is -2.11. The molecule has 8 aromatic rings. The average Bonchev–Trinajstić information content (AvgIpc) is 3.52. The Morgan fingerprint density at radius 1 is 0.356 bits per heavy atom. The normalized spacial score (nSPS) is 11.1. The van der Waals surface area contributed by atoms with E-state index < -0.39 is 0 Å². The van der Waals surface area contributed by atoms with Gasteiger partial charge in [0.25, 0.3) is 0 Å². The minimum absolute atomic E-state index is 0.953. The molecule has 0 aliphatic heterocycles. The molecular weight excluding hydrogens is 544 g/mol. The van der Waals surface area contributed by atoms with Gasteiger partial charge in [-0.15, -0.1) is 0 Å². The van der Waals surface area contributed by atoms with E-state index in [4.69, 9.17) is 4.98 Å². The lowest BCUT2D eigenvalue weighted by molar-refractivity contribution is 1.13. The summed E-state index contributed by atoms with van der Waals surface area (Å²) in [6.07, 6.45) is 2.27. The van der Waals surface area contributed by atoms with Crippen molar-refractivity contribution >= 4 is 10.9 Å². The van der Waals surface area contributed by atoms with Gasteiger partial charge in [-0.05, 0) is 70.3 Å². The van der Waals surface area contributed by atoms with E-state index in [2.05, 4.69) is 181 Å². The number of pyridine rings is 1. The Morgan fingerprint density at radius 2 is 0.889 bits per heavy atom. The Morgan fingerprint density at radius 3 is 1.56 bits per heavy atom. The maximum Gasteiger partial charge on any atom is 0.0715 e. The first-order valence-corrected chi connectivity index (χ1v) is 15.3. The van der Waals surface area contributed by atoms with Crippen LogP contribution in [-0.4, -0.2) is 9.55 Å². The zero-order chi connectivity index (χ0) is 30.0. The lowest BCUT2D eigenvalue weighted by Crippen LogP contribution is -1.91. The van der Waals surface area contributed by atoms with Crippen molar-refractivity contribution in [1.82, 2.24) is 9.55 Å². The van der Waals surface area contributed by atoms with Crippen molar-refractivity contribution in [3.05, 3.63) is 182 Å². The number of rotatable bonds is 6. The molecule has 0 saturated heterocycles. The van der Waals surface area contributed by atoms with Crippen molar-refractivity contribution in [2.24, 2.45) is 0 Å². The fraction of sp³-hybridized carbons (Fsp3) is 0. The maximum absolute atomic E-state index is 5.20. The van der Waals surface area contributed by atoms with Crippen LogP contribution in [0.2, 0.25) is 0 Å². The molecule has 0 bridgehead atoms. The molecule has 0 fully saturated rings. The number of nitrogens with zero attached hydrogens (tertiary/aromatic N) is 2. The third-order valence-corrected chi connectivity index (χ3v) is 8.42. The van der Waals surface area contributed by atoms with Crippen molar-refractivity contribution in [2.75, 3.05) is 0 Å². The van der Waals surface area contributed by atoms with Crippen molar-refractivity contribution in [1.29, 1.82) is 0 Å². The maximum atomic E-state index is 5.20. The summed E-state index contributed by atoms with van der Waals surface area (Å²) in [5, 5.41) is 1.22. The molecule has 0 atom stereocenters. The molecule has 2 aromatic heterocycles. The summed E-state index contributed by atoms with van der Waals surface area (Å²) in [6, 6.07) is 62.2. The van der Waals surface area contributed by atoms with Crippen molar-refractivity contribution in [3.8, 4) is 61.6 Å². The van der Waals surface area contributed by atoms with Gasteiger partial charge in [-0.1, -0.05) is 133 Å². The highest BCUT2D eigenvalue weighted by atomic mass is 15.0. The number of para-hydroxylation sites is 1. The Labute approximate surface area is 263 Å². The zero-order valence-electron chi connectivity index (χ0n) is 24.7. The number of benzene rings is 6. The van der Waals surface area contributed by atoms with Gasteiger partial charge in [-0.2, -0.15) is 0 Å². The third kappa shape index (κ3) is 5.24. The Kier molecular flexibility index (Phi) is 6.86. The molecule has 0 aliphatic rings. The van der Waals surface area contributed by atoms with Crippen molar-refractivity contribution in [3.63, 3.8) is 0 Å². The molecule has 0 amide bonds. The summed E-state index contributed by atoms with van der Waals surface area (Å²) in [6.45, 7) is 0. The molecule has 0 aliphatic carbocycles. The van der Waals surface area contributed by atoms with E-state index >= 15 is 0 Å². The highest BCUT2D eigenvalue weighted by Gasteiger charge is 2.15. The monoisotopic (exact) mass is 574 g/mol. The molecule has 0 unspecified atom stereocenters. The van der Waals surface area contributed by atoms with Gasteiger partial charge in [0.1, 0.15) is 0 Å². The largest absolute Gasteiger partial charge is 0.316 e. The fourth-order valence-corrected chi connectivity index (χ4v) is 6.15. The van der Waals surface area contributed by atoms with Gasteiger partial charge in [0.05, 0.1) is 16.9 Å². The standard InChI is InChI=1S/C43H30N2/c1-5-14-31(15-6-1)34-24-25-43-39(27-34)40(30-45(43)38-22-11-4-12-23-38)35-20-13-21-36(26-35)42-29-37(32-16-7-2-8-17-32)28-41(44-42)33-18-9-3-10-19-33/h1-30H. The number of hydrogen-bond donors (Lipinski definition) is 0. The summed E-state index contributed by atoms with van der Waals surface area (Å²) in [5.41, 5.74) is 13.5. The second-order valence-electron chi connectivity index (χ2n) is 11.3. The van der Waals surface area contributed by atoms with Crippen LogP contribution in [0.4, 0.5) is 0 Å². The summed E-state index contributed by atoms with van der Waals surface area (Å²) in [5.74, 6) is 0. The van der Waals surface area contributed by atoms with Gasteiger partial charge in [0, 0.05) is 34.0 Å². The van der Waals surface area contributed by atoms with Crippen LogP contribution in [-0.2, 0) is 0 Å². The fourth-order valence-electron chi connectivity index (χ4n) is 6.15. The molecule has 6 aromatic carbocycles. The zero-order valence-corrected chi connectivity index (χ0v) is 24.7. The van der Waals surface area contributed by atoms with Crippen LogP contribution in [0.15, 0.2) is 182 Å². The molecule has 0 radical (unpaired) electrons. The molecule has 0 N–H and O–H groups in total. The van der Waals surface area contributed by atoms with Gasteiger partial charge in [0.15, 0.2) is 0 Å². The van der Waals surface area contributed by atoms with Crippen LogP contribution < -0.4 is 0 Å². The van der Waals surface area contributed by atoms with E-state index in [1.807, 2.05) is 6.07 Å². The van der Waals surface area contributed by atoms with Gasteiger partial charge < -0.3 is 4.57 Å². The number of fused-ring (bicyclic) bond motifs is 1.